The van der Waals surface area contributed by atoms with Crippen molar-refractivity contribution in [1.82, 2.24) is 10.3 Å². The van der Waals surface area contributed by atoms with E-state index in [4.69, 9.17) is 5.11 Å². The molecule has 2 N–H and O–H groups in total. The molecule has 2 heterocycles. The summed E-state index contributed by atoms with van der Waals surface area (Å²) in [6.45, 7) is 0.426. The number of halogens is 1. The molecule has 0 radical (unpaired) electrons. The molecule has 0 bridgehead atoms. The molecule has 0 aliphatic carbocycles. The number of carbonyl (C=O) groups is 2. The largest absolute Gasteiger partial charge is 0.477 e. The third-order valence-electron chi connectivity index (χ3n) is 2.30. The molecule has 0 saturated heterocycles. The maximum Gasteiger partial charge on any atom is 0.354 e. The van der Waals surface area contributed by atoms with E-state index in [2.05, 4.69) is 26.2 Å². The van der Waals surface area contributed by atoms with Crippen LogP contribution in [0.15, 0.2) is 34.2 Å². The van der Waals surface area contributed by atoms with Gasteiger partial charge in [-0.25, -0.2) is 9.78 Å². The number of thiophene rings is 1. The molecular formula is C12H9BrN2O3S. The van der Waals surface area contributed by atoms with Gasteiger partial charge in [0.05, 0.1) is 15.9 Å². The van der Waals surface area contributed by atoms with Crippen LogP contribution in [-0.4, -0.2) is 22.0 Å². The first-order chi connectivity index (χ1) is 9.06. The van der Waals surface area contributed by atoms with Crippen LogP contribution in [0.5, 0.6) is 0 Å². The highest BCUT2D eigenvalue weighted by atomic mass is 79.9. The highest BCUT2D eigenvalue weighted by Gasteiger charge is 2.09. The number of carboxylic acids is 1. The Labute approximate surface area is 121 Å². The zero-order valence-electron chi connectivity index (χ0n) is 9.59. The zero-order chi connectivity index (χ0) is 13.8. The molecule has 0 aliphatic heterocycles. The van der Waals surface area contributed by atoms with Gasteiger partial charge in [-0.05, 0) is 40.2 Å². The molecule has 7 heteroatoms. The summed E-state index contributed by atoms with van der Waals surface area (Å²) in [4.78, 5) is 27.1. The standard InChI is InChI=1S/C12H9BrN2O3S/c13-10-4-2-8(19-10)6-15-11(16)7-1-3-9(12(17)18)14-5-7/h1-5H,6H2,(H,15,16)(H,17,18). The van der Waals surface area contributed by atoms with Crippen molar-refractivity contribution in [2.45, 2.75) is 6.54 Å². The molecule has 0 fully saturated rings. The van der Waals surface area contributed by atoms with Gasteiger partial charge in [-0.15, -0.1) is 11.3 Å². The molecule has 2 rings (SSSR count). The second-order valence-electron chi connectivity index (χ2n) is 3.63. The number of nitrogens with zero attached hydrogens (tertiary/aromatic N) is 1. The molecule has 0 atom stereocenters. The summed E-state index contributed by atoms with van der Waals surface area (Å²) >= 11 is 4.89. The van der Waals surface area contributed by atoms with Gasteiger partial charge in [0.15, 0.2) is 0 Å². The Bertz CT molecular complexity index is 610. The van der Waals surface area contributed by atoms with Gasteiger partial charge in [-0.2, -0.15) is 0 Å². The summed E-state index contributed by atoms with van der Waals surface area (Å²) < 4.78 is 1.00. The predicted molar refractivity (Wildman–Crippen MR) is 74.4 cm³/mol. The summed E-state index contributed by atoms with van der Waals surface area (Å²) in [6, 6.07) is 6.57. The summed E-state index contributed by atoms with van der Waals surface area (Å²) in [7, 11) is 0. The van der Waals surface area contributed by atoms with Crippen LogP contribution in [0.4, 0.5) is 0 Å². The molecule has 5 nitrogen and oxygen atoms in total. The monoisotopic (exact) mass is 340 g/mol. The number of nitrogens with one attached hydrogen (secondary N) is 1. The van der Waals surface area contributed by atoms with Gasteiger partial charge >= 0.3 is 5.97 Å². The van der Waals surface area contributed by atoms with Crippen molar-refractivity contribution in [3.05, 3.63) is 50.4 Å². The maximum absolute atomic E-state index is 11.8. The van der Waals surface area contributed by atoms with Crippen molar-refractivity contribution in [3.63, 3.8) is 0 Å². The molecule has 19 heavy (non-hydrogen) atoms. The Kier molecular flexibility index (Phi) is 4.28. The first-order valence-corrected chi connectivity index (χ1v) is 6.89. The molecule has 0 aliphatic rings. The Morgan fingerprint density at radius 2 is 2.11 bits per heavy atom. The summed E-state index contributed by atoms with van der Waals surface area (Å²) in [5, 5.41) is 11.4. The Balaban J connectivity index is 1.98. The van der Waals surface area contributed by atoms with E-state index < -0.39 is 5.97 Å². The van der Waals surface area contributed by atoms with E-state index in [9.17, 15) is 9.59 Å². The molecule has 1 amide bonds. The number of aromatic carboxylic acids is 1. The molecule has 98 valence electrons. The van der Waals surface area contributed by atoms with Gasteiger partial charge < -0.3 is 10.4 Å². The van der Waals surface area contributed by atoms with Gasteiger partial charge in [0.2, 0.25) is 0 Å². The SMILES string of the molecule is O=C(NCc1ccc(Br)s1)c1ccc(C(=O)O)nc1. The molecule has 2 aromatic rings. The van der Waals surface area contributed by atoms with Crippen LogP contribution in [0, 0.1) is 0 Å². The molecule has 0 aromatic carbocycles. The van der Waals surface area contributed by atoms with E-state index in [1.807, 2.05) is 12.1 Å². The van der Waals surface area contributed by atoms with E-state index >= 15 is 0 Å². The topological polar surface area (TPSA) is 79.3 Å². The van der Waals surface area contributed by atoms with Gasteiger partial charge in [0, 0.05) is 11.1 Å². The zero-order valence-corrected chi connectivity index (χ0v) is 12.0. The molecular weight excluding hydrogens is 332 g/mol. The van der Waals surface area contributed by atoms with Crippen LogP contribution in [0.25, 0.3) is 0 Å². The minimum absolute atomic E-state index is 0.0845. The number of rotatable bonds is 4. The van der Waals surface area contributed by atoms with Crippen molar-refractivity contribution < 1.29 is 14.7 Å². The lowest BCUT2D eigenvalue weighted by Gasteiger charge is -2.03. The van der Waals surface area contributed by atoms with Crippen LogP contribution in [0.2, 0.25) is 0 Å². The molecule has 0 unspecified atom stereocenters. The van der Waals surface area contributed by atoms with Crippen LogP contribution in [0.3, 0.4) is 0 Å². The Hall–Kier alpha value is -1.73. The lowest BCUT2D eigenvalue weighted by molar-refractivity contribution is 0.0689. The summed E-state index contributed by atoms with van der Waals surface area (Å²) in [6.07, 6.45) is 1.25. The highest BCUT2D eigenvalue weighted by Crippen LogP contribution is 2.21. The van der Waals surface area contributed by atoms with E-state index in [0.717, 1.165) is 8.66 Å². The smallest absolute Gasteiger partial charge is 0.354 e. The Morgan fingerprint density at radius 1 is 1.32 bits per heavy atom. The van der Waals surface area contributed by atoms with Crippen LogP contribution in [-0.2, 0) is 6.54 Å². The number of carbonyl (C=O) groups excluding carboxylic acids is 1. The number of carboxylic acid groups (broad SMARTS) is 1. The number of hydrogen-bond donors (Lipinski definition) is 2. The average Bonchev–Trinajstić information content (AvgIpc) is 2.82. The number of hydrogen-bond acceptors (Lipinski definition) is 4. The molecule has 2 aromatic heterocycles. The lowest BCUT2D eigenvalue weighted by atomic mass is 10.2. The number of pyridine rings is 1. The van der Waals surface area contributed by atoms with Crippen molar-refractivity contribution in [2.75, 3.05) is 0 Å². The van der Waals surface area contributed by atoms with Crippen LogP contribution >= 0.6 is 27.3 Å². The minimum atomic E-state index is -1.12. The minimum Gasteiger partial charge on any atom is -0.477 e. The predicted octanol–water partition coefficient (Wildman–Crippen LogP) is 2.53. The normalized spacial score (nSPS) is 10.2. The van der Waals surface area contributed by atoms with Crippen molar-refractivity contribution >= 4 is 39.1 Å². The lowest BCUT2D eigenvalue weighted by Crippen LogP contribution is -2.22. The fourth-order valence-corrected chi connectivity index (χ4v) is 2.79. The van der Waals surface area contributed by atoms with Gasteiger partial charge in [0.25, 0.3) is 5.91 Å². The van der Waals surface area contributed by atoms with Crippen molar-refractivity contribution in [1.29, 1.82) is 0 Å². The van der Waals surface area contributed by atoms with E-state index in [1.165, 1.54) is 29.7 Å². The second-order valence-corrected chi connectivity index (χ2v) is 6.17. The summed E-state index contributed by atoms with van der Waals surface area (Å²) in [5.41, 5.74) is 0.249. The Morgan fingerprint density at radius 3 is 2.63 bits per heavy atom. The van der Waals surface area contributed by atoms with E-state index in [0.29, 0.717) is 12.1 Å². The van der Waals surface area contributed by atoms with Crippen LogP contribution in [0.1, 0.15) is 25.7 Å². The first kappa shape index (κ1) is 13.7. The average molecular weight is 341 g/mol. The van der Waals surface area contributed by atoms with E-state index in [-0.39, 0.29) is 11.6 Å². The third-order valence-corrected chi connectivity index (χ3v) is 3.92. The third kappa shape index (κ3) is 3.62. The van der Waals surface area contributed by atoms with Crippen molar-refractivity contribution in [3.8, 4) is 0 Å². The number of aromatic nitrogens is 1. The molecule has 0 spiro atoms. The van der Waals surface area contributed by atoms with E-state index in [1.54, 1.807) is 0 Å². The molecule has 0 saturated carbocycles. The van der Waals surface area contributed by atoms with Gasteiger partial charge in [-0.3, -0.25) is 4.79 Å². The fourth-order valence-electron chi connectivity index (χ4n) is 1.37. The summed E-state index contributed by atoms with van der Waals surface area (Å²) in [5.74, 6) is -1.40. The van der Waals surface area contributed by atoms with Gasteiger partial charge in [0.1, 0.15) is 5.69 Å². The highest BCUT2D eigenvalue weighted by molar-refractivity contribution is 9.11. The second kappa shape index (κ2) is 5.94. The van der Waals surface area contributed by atoms with Crippen LogP contribution < -0.4 is 5.32 Å². The van der Waals surface area contributed by atoms with Gasteiger partial charge in [-0.1, -0.05) is 0 Å². The quantitative estimate of drug-likeness (QED) is 0.896. The number of amides is 1. The first-order valence-electron chi connectivity index (χ1n) is 5.28. The maximum atomic E-state index is 11.8. The van der Waals surface area contributed by atoms with Crippen molar-refractivity contribution in [2.24, 2.45) is 0 Å². The fraction of sp³-hybridized carbons (Fsp3) is 0.0833.